The molecule has 10 heavy (non-hydrogen) atoms. The van der Waals surface area contributed by atoms with Crippen LogP contribution in [0.4, 0.5) is 0 Å². The summed E-state index contributed by atoms with van der Waals surface area (Å²) < 4.78 is 0. The summed E-state index contributed by atoms with van der Waals surface area (Å²) in [5, 5.41) is 1.13. The number of hydrogen-bond donors (Lipinski definition) is 0. The maximum absolute atomic E-state index is 4.32. The summed E-state index contributed by atoms with van der Waals surface area (Å²) in [6.45, 7) is 6.08. The van der Waals surface area contributed by atoms with Crippen LogP contribution in [0.5, 0.6) is 0 Å². The molecule has 0 aliphatic heterocycles. The van der Waals surface area contributed by atoms with Crippen LogP contribution in [-0.2, 0) is 0 Å². The number of hydrogen-bond acceptors (Lipinski definition) is 2. The minimum atomic E-state index is 0.876. The van der Waals surface area contributed by atoms with Crippen LogP contribution in [0.1, 0.15) is 13.8 Å². The fourth-order valence-corrected chi connectivity index (χ4v) is 1.31. The second-order valence-electron chi connectivity index (χ2n) is 1.98. The monoisotopic (exact) mass is 160 g/mol. The van der Waals surface area contributed by atoms with Crippen LogP contribution in [0, 0.1) is 0 Å². The number of rotatable bonds is 2. The van der Waals surface area contributed by atoms with Crippen LogP contribution in [0.15, 0.2) is 4.99 Å². The van der Waals surface area contributed by atoms with Crippen LogP contribution in [-0.4, -0.2) is 36.5 Å². The maximum Gasteiger partial charge on any atom is 0.158 e. The molecule has 0 N–H and O–H groups in total. The van der Waals surface area contributed by atoms with E-state index in [0.29, 0.717) is 0 Å². The van der Waals surface area contributed by atoms with Gasteiger partial charge in [-0.1, -0.05) is 11.8 Å². The Kier molecular flexibility index (Phi) is 5.49. The Morgan fingerprint density at radius 2 is 2.10 bits per heavy atom. The average molecular weight is 160 g/mol. The van der Waals surface area contributed by atoms with E-state index in [4.69, 9.17) is 0 Å². The van der Waals surface area contributed by atoms with Crippen molar-refractivity contribution in [1.82, 2.24) is 4.90 Å². The molecule has 0 aliphatic rings. The van der Waals surface area contributed by atoms with E-state index >= 15 is 0 Å². The molecule has 0 atom stereocenters. The Labute approximate surface area is 67.7 Å². The number of thioether (sulfide) groups is 1. The Bertz CT molecular complexity index is 112. The van der Waals surface area contributed by atoms with Gasteiger partial charge in [0.25, 0.3) is 0 Å². The molecule has 0 saturated carbocycles. The molecule has 0 aromatic rings. The summed E-state index contributed by atoms with van der Waals surface area (Å²) in [5.74, 6) is 0. The van der Waals surface area contributed by atoms with E-state index in [-0.39, 0.29) is 0 Å². The summed E-state index contributed by atoms with van der Waals surface area (Å²) in [6.07, 6.45) is 2.06. The first-order chi connectivity index (χ1) is 4.76. The Morgan fingerprint density at radius 3 is 2.40 bits per heavy atom. The van der Waals surface area contributed by atoms with Gasteiger partial charge in [0, 0.05) is 20.1 Å². The van der Waals surface area contributed by atoms with Crippen molar-refractivity contribution in [3.63, 3.8) is 0 Å². The quantitative estimate of drug-likeness (QED) is 0.451. The molecule has 3 heteroatoms. The third-order valence-electron chi connectivity index (χ3n) is 1.28. The van der Waals surface area contributed by atoms with E-state index < -0.39 is 0 Å². The molecule has 0 spiro atoms. The van der Waals surface area contributed by atoms with Crippen molar-refractivity contribution in [1.29, 1.82) is 0 Å². The molecule has 0 aliphatic carbocycles. The first-order valence-electron chi connectivity index (χ1n) is 3.55. The number of nitrogens with zero attached hydrogens (tertiary/aromatic N) is 2. The molecule has 0 unspecified atom stereocenters. The van der Waals surface area contributed by atoms with Crippen LogP contribution < -0.4 is 0 Å². The summed E-state index contributed by atoms with van der Waals surface area (Å²) in [6, 6.07) is 0. The van der Waals surface area contributed by atoms with E-state index in [1.165, 1.54) is 0 Å². The van der Waals surface area contributed by atoms with Crippen LogP contribution in [0.25, 0.3) is 0 Å². The van der Waals surface area contributed by atoms with Gasteiger partial charge in [0.05, 0.1) is 0 Å². The molecule has 0 radical (unpaired) electrons. The summed E-state index contributed by atoms with van der Waals surface area (Å²) in [7, 11) is 2.06. The highest BCUT2D eigenvalue weighted by molar-refractivity contribution is 8.13. The van der Waals surface area contributed by atoms with Gasteiger partial charge in [0.1, 0.15) is 0 Å². The minimum absolute atomic E-state index is 0.876. The molecule has 0 rings (SSSR count). The highest BCUT2D eigenvalue weighted by atomic mass is 32.2. The summed E-state index contributed by atoms with van der Waals surface area (Å²) in [4.78, 5) is 6.47. The van der Waals surface area contributed by atoms with Gasteiger partial charge >= 0.3 is 0 Å². The van der Waals surface area contributed by atoms with E-state index in [1.54, 1.807) is 11.8 Å². The standard InChI is InChI=1S/C7H16N2S/c1-5-8-7(10-4)9(3)6-2/h5-6H2,1-4H3/b8-7+. The lowest BCUT2D eigenvalue weighted by atomic mass is 10.7. The van der Waals surface area contributed by atoms with Crippen molar-refractivity contribution in [2.24, 2.45) is 4.99 Å². The van der Waals surface area contributed by atoms with E-state index in [1.807, 2.05) is 0 Å². The Hall–Kier alpha value is -0.180. The predicted molar refractivity (Wildman–Crippen MR) is 49.8 cm³/mol. The maximum atomic E-state index is 4.32. The van der Waals surface area contributed by atoms with Gasteiger partial charge in [-0.25, -0.2) is 0 Å². The fourth-order valence-electron chi connectivity index (χ4n) is 0.612. The van der Waals surface area contributed by atoms with Gasteiger partial charge in [-0.2, -0.15) is 0 Å². The molecule has 60 valence electrons. The molecule has 0 heterocycles. The van der Waals surface area contributed by atoms with Gasteiger partial charge in [0.2, 0.25) is 0 Å². The zero-order chi connectivity index (χ0) is 7.98. The van der Waals surface area contributed by atoms with Crippen molar-refractivity contribution in [3.8, 4) is 0 Å². The van der Waals surface area contributed by atoms with Gasteiger partial charge in [-0.05, 0) is 20.1 Å². The first kappa shape index (κ1) is 9.82. The SMILES string of the molecule is CC/N=C(/SC)N(C)CC. The lowest BCUT2D eigenvalue weighted by molar-refractivity contribution is 0.544. The third kappa shape index (κ3) is 3.11. The summed E-state index contributed by atoms with van der Waals surface area (Å²) >= 11 is 1.70. The first-order valence-corrected chi connectivity index (χ1v) is 4.78. The minimum Gasteiger partial charge on any atom is -0.355 e. The molecular formula is C7H16N2S. The van der Waals surface area contributed by atoms with E-state index in [0.717, 1.165) is 18.3 Å². The number of aliphatic imine (C=N–C) groups is 1. The normalized spacial score (nSPS) is 11.8. The number of amidine groups is 1. The van der Waals surface area contributed by atoms with Crippen molar-refractivity contribution in [3.05, 3.63) is 0 Å². The van der Waals surface area contributed by atoms with E-state index in [9.17, 15) is 0 Å². The van der Waals surface area contributed by atoms with Crippen LogP contribution >= 0.6 is 11.8 Å². The van der Waals surface area contributed by atoms with Crippen LogP contribution in [0.3, 0.4) is 0 Å². The zero-order valence-corrected chi connectivity index (χ0v) is 8.03. The van der Waals surface area contributed by atoms with Gasteiger partial charge in [-0.15, -0.1) is 0 Å². The van der Waals surface area contributed by atoms with Gasteiger partial charge < -0.3 is 4.90 Å². The van der Waals surface area contributed by atoms with Gasteiger partial charge in [-0.3, -0.25) is 4.99 Å². The lowest BCUT2D eigenvalue weighted by Gasteiger charge is -2.16. The molecule has 2 nitrogen and oxygen atoms in total. The Balaban J connectivity index is 3.92. The summed E-state index contributed by atoms with van der Waals surface area (Å²) in [5.41, 5.74) is 0. The highest BCUT2D eigenvalue weighted by Crippen LogP contribution is 2.01. The largest absolute Gasteiger partial charge is 0.355 e. The fraction of sp³-hybridized carbons (Fsp3) is 0.857. The van der Waals surface area contributed by atoms with Crippen LogP contribution in [0.2, 0.25) is 0 Å². The van der Waals surface area contributed by atoms with E-state index in [2.05, 4.69) is 37.0 Å². The molecule has 0 aromatic heterocycles. The average Bonchev–Trinajstić information content (AvgIpc) is 1.99. The molecule has 0 aromatic carbocycles. The smallest absolute Gasteiger partial charge is 0.158 e. The molecule has 0 bridgehead atoms. The topological polar surface area (TPSA) is 15.6 Å². The third-order valence-corrected chi connectivity index (χ3v) is 2.08. The zero-order valence-electron chi connectivity index (χ0n) is 7.22. The second-order valence-corrected chi connectivity index (χ2v) is 2.75. The second kappa shape index (κ2) is 5.59. The molecular weight excluding hydrogens is 144 g/mol. The van der Waals surface area contributed by atoms with Crippen molar-refractivity contribution in [2.75, 3.05) is 26.4 Å². The lowest BCUT2D eigenvalue weighted by Crippen LogP contribution is -2.23. The molecule has 0 amide bonds. The van der Waals surface area contributed by atoms with Crippen molar-refractivity contribution in [2.45, 2.75) is 13.8 Å². The molecule has 0 fully saturated rings. The Morgan fingerprint density at radius 1 is 1.50 bits per heavy atom. The predicted octanol–water partition coefficient (Wildman–Crippen LogP) is 1.68. The van der Waals surface area contributed by atoms with Gasteiger partial charge in [0.15, 0.2) is 5.17 Å². The van der Waals surface area contributed by atoms with Crippen molar-refractivity contribution >= 4 is 16.9 Å². The van der Waals surface area contributed by atoms with Crippen molar-refractivity contribution < 1.29 is 0 Å². The highest BCUT2D eigenvalue weighted by Gasteiger charge is 1.99. The molecule has 0 saturated heterocycles.